The molecule has 0 radical (unpaired) electrons. The largest absolute Gasteiger partial charge is 0.439 e. The normalized spacial score (nSPS) is 15.7. The molecule has 3 aromatic rings. The SMILES string of the molecule is Cc1nn(-c2ccc(F)cc2)c(Oc2ccc(F)cc2)c1CCC(=O)NC[C@@H]1CCCO1. The number of nitrogens with one attached hydrogen (secondary N) is 1. The summed E-state index contributed by atoms with van der Waals surface area (Å²) in [5.41, 5.74) is 2.06. The first kappa shape index (κ1) is 22.0. The topological polar surface area (TPSA) is 65.4 Å². The lowest BCUT2D eigenvalue weighted by Gasteiger charge is -2.12. The summed E-state index contributed by atoms with van der Waals surface area (Å²) in [5.74, 6) is 0.0269. The van der Waals surface area contributed by atoms with Gasteiger partial charge < -0.3 is 14.8 Å². The summed E-state index contributed by atoms with van der Waals surface area (Å²) in [6, 6.07) is 11.5. The monoisotopic (exact) mass is 441 g/mol. The van der Waals surface area contributed by atoms with Crippen molar-refractivity contribution in [1.29, 1.82) is 0 Å². The van der Waals surface area contributed by atoms with Crippen LogP contribution < -0.4 is 10.1 Å². The zero-order chi connectivity index (χ0) is 22.5. The van der Waals surface area contributed by atoms with Gasteiger partial charge in [0.1, 0.15) is 17.4 Å². The Morgan fingerprint density at radius 2 is 1.84 bits per heavy atom. The summed E-state index contributed by atoms with van der Waals surface area (Å²) >= 11 is 0. The van der Waals surface area contributed by atoms with E-state index in [0.717, 1.165) is 25.0 Å². The molecule has 0 aliphatic carbocycles. The van der Waals surface area contributed by atoms with Crippen LogP contribution in [0.1, 0.15) is 30.5 Å². The van der Waals surface area contributed by atoms with Crippen LogP contribution in [0.3, 0.4) is 0 Å². The van der Waals surface area contributed by atoms with E-state index < -0.39 is 0 Å². The summed E-state index contributed by atoms with van der Waals surface area (Å²) in [6.45, 7) is 3.08. The van der Waals surface area contributed by atoms with Gasteiger partial charge in [-0.05, 0) is 74.7 Å². The van der Waals surface area contributed by atoms with Gasteiger partial charge in [0, 0.05) is 25.1 Å². The maximum absolute atomic E-state index is 13.4. The fourth-order valence-corrected chi connectivity index (χ4v) is 3.66. The van der Waals surface area contributed by atoms with Crippen molar-refractivity contribution in [3.05, 3.63) is 71.4 Å². The highest BCUT2D eigenvalue weighted by atomic mass is 19.1. The van der Waals surface area contributed by atoms with Crippen molar-refractivity contribution in [3.63, 3.8) is 0 Å². The summed E-state index contributed by atoms with van der Waals surface area (Å²) in [4.78, 5) is 12.4. The smallest absolute Gasteiger partial charge is 0.226 e. The van der Waals surface area contributed by atoms with Gasteiger partial charge >= 0.3 is 0 Å². The summed E-state index contributed by atoms with van der Waals surface area (Å²) in [7, 11) is 0. The van der Waals surface area contributed by atoms with Crippen molar-refractivity contribution in [1.82, 2.24) is 15.1 Å². The highest BCUT2D eigenvalue weighted by Gasteiger charge is 2.21. The van der Waals surface area contributed by atoms with E-state index in [4.69, 9.17) is 9.47 Å². The van der Waals surface area contributed by atoms with Crippen LogP contribution in [-0.2, 0) is 16.0 Å². The third kappa shape index (κ3) is 5.31. The molecule has 1 saturated heterocycles. The molecule has 0 saturated carbocycles. The van der Waals surface area contributed by atoms with E-state index in [0.29, 0.717) is 36.0 Å². The first-order valence-electron chi connectivity index (χ1n) is 10.7. The first-order valence-corrected chi connectivity index (χ1v) is 10.7. The number of carbonyl (C=O) groups is 1. The fourth-order valence-electron chi connectivity index (χ4n) is 3.66. The third-order valence-electron chi connectivity index (χ3n) is 5.39. The van der Waals surface area contributed by atoms with Gasteiger partial charge in [0.15, 0.2) is 0 Å². The van der Waals surface area contributed by atoms with E-state index in [1.807, 2.05) is 6.92 Å². The Morgan fingerprint density at radius 1 is 1.16 bits per heavy atom. The number of carbonyl (C=O) groups excluding carboxylic acids is 1. The maximum Gasteiger partial charge on any atom is 0.226 e. The van der Waals surface area contributed by atoms with Gasteiger partial charge in [-0.1, -0.05) is 0 Å². The Balaban J connectivity index is 1.55. The summed E-state index contributed by atoms with van der Waals surface area (Å²) < 4.78 is 39.9. The van der Waals surface area contributed by atoms with Crippen LogP contribution in [0.15, 0.2) is 48.5 Å². The third-order valence-corrected chi connectivity index (χ3v) is 5.39. The second kappa shape index (κ2) is 9.91. The van der Waals surface area contributed by atoms with Crippen molar-refractivity contribution < 1.29 is 23.0 Å². The maximum atomic E-state index is 13.4. The van der Waals surface area contributed by atoms with Gasteiger partial charge in [0.25, 0.3) is 0 Å². The number of rotatable bonds is 8. The molecule has 2 heterocycles. The minimum Gasteiger partial charge on any atom is -0.439 e. The van der Waals surface area contributed by atoms with Crippen molar-refractivity contribution >= 4 is 5.91 Å². The Labute approximate surface area is 185 Å². The Hall–Kier alpha value is -3.26. The number of hydrogen-bond acceptors (Lipinski definition) is 4. The number of hydrogen-bond donors (Lipinski definition) is 1. The van der Waals surface area contributed by atoms with E-state index in [9.17, 15) is 13.6 Å². The zero-order valence-electron chi connectivity index (χ0n) is 17.8. The molecular formula is C24H25F2N3O3. The predicted octanol–water partition coefficient (Wildman–Crippen LogP) is 4.48. The van der Waals surface area contributed by atoms with Crippen LogP contribution in [0.5, 0.6) is 11.6 Å². The molecule has 0 spiro atoms. The standard InChI is InChI=1S/C24H25F2N3O3/c1-16-22(12-13-23(30)27-15-21-3-2-14-31-21)24(32-20-10-6-18(26)7-11-20)29(28-16)19-8-4-17(25)5-9-19/h4-11,21H,2-3,12-15H2,1H3,(H,27,30)/t21-/m0/s1. The molecule has 2 aromatic carbocycles. The minimum absolute atomic E-state index is 0.0813. The molecule has 1 N–H and O–H groups in total. The Morgan fingerprint density at radius 3 is 2.50 bits per heavy atom. The van der Waals surface area contributed by atoms with Gasteiger partial charge in [-0.15, -0.1) is 0 Å². The molecule has 1 amide bonds. The van der Waals surface area contributed by atoms with Crippen LogP contribution in [0, 0.1) is 18.6 Å². The number of aromatic nitrogens is 2. The molecule has 1 aliphatic heterocycles. The van der Waals surface area contributed by atoms with Crippen molar-refractivity contribution in [3.8, 4) is 17.3 Å². The average Bonchev–Trinajstić information content (AvgIpc) is 3.41. The molecule has 0 unspecified atom stereocenters. The number of halogens is 2. The molecule has 1 atom stereocenters. The number of amides is 1. The van der Waals surface area contributed by atoms with E-state index in [2.05, 4.69) is 10.4 Å². The summed E-state index contributed by atoms with van der Waals surface area (Å²) in [5, 5.41) is 7.47. The van der Waals surface area contributed by atoms with Crippen molar-refractivity contribution in [2.75, 3.05) is 13.2 Å². The molecular weight excluding hydrogens is 416 g/mol. The Bertz CT molecular complexity index is 1060. The molecule has 6 nitrogen and oxygen atoms in total. The molecule has 4 rings (SSSR count). The van der Waals surface area contributed by atoms with Gasteiger partial charge in [0.05, 0.1) is 17.5 Å². The number of ether oxygens (including phenoxy) is 2. The molecule has 8 heteroatoms. The lowest BCUT2D eigenvalue weighted by molar-refractivity contribution is -0.121. The predicted molar refractivity (Wildman–Crippen MR) is 115 cm³/mol. The molecule has 0 bridgehead atoms. The molecule has 32 heavy (non-hydrogen) atoms. The minimum atomic E-state index is -0.372. The number of nitrogens with zero attached hydrogens (tertiary/aromatic N) is 2. The van der Waals surface area contributed by atoms with Crippen LogP contribution in [0.25, 0.3) is 5.69 Å². The van der Waals surface area contributed by atoms with Gasteiger partial charge in [-0.25, -0.2) is 13.5 Å². The van der Waals surface area contributed by atoms with E-state index >= 15 is 0 Å². The highest BCUT2D eigenvalue weighted by Crippen LogP contribution is 2.31. The van der Waals surface area contributed by atoms with E-state index in [1.165, 1.54) is 36.4 Å². The molecule has 168 valence electrons. The quantitative estimate of drug-likeness (QED) is 0.560. The second-order valence-corrected chi connectivity index (χ2v) is 7.75. The molecule has 1 aliphatic rings. The van der Waals surface area contributed by atoms with Crippen LogP contribution in [-0.4, -0.2) is 34.9 Å². The van der Waals surface area contributed by atoms with Crippen molar-refractivity contribution in [2.45, 2.75) is 38.7 Å². The lowest BCUT2D eigenvalue weighted by Crippen LogP contribution is -2.31. The van der Waals surface area contributed by atoms with Crippen molar-refractivity contribution in [2.24, 2.45) is 0 Å². The lowest BCUT2D eigenvalue weighted by atomic mass is 10.1. The van der Waals surface area contributed by atoms with Gasteiger partial charge in [-0.3, -0.25) is 4.79 Å². The van der Waals surface area contributed by atoms with Crippen LogP contribution in [0.4, 0.5) is 8.78 Å². The highest BCUT2D eigenvalue weighted by molar-refractivity contribution is 5.76. The second-order valence-electron chi connectivity index (χ2n) is 7.75. The van der Waals surface area contributed by atoms with E-state index in [1.54, 1.807) is 16.8 Å². The first-order chi connectivity index (χ1) is 15.5. The van der Waals surface area contributed by atoms with Crippen LogP contribution in [0.2, 0.25) is 0 Å². The molecule has 1 fully saturated rings. The molecule has 1 aromatic heterocycles. The van der Waals surface area contributed by atoms with Crippen LogP contribution >= 0.6 is 0 Å². The van der Waals surface area contributed by atoms with Gasteiger partial charge in [-0.2, -0.15) is 5.10 Å². The zero-order valence-corrected chi connectivity index (χ0v) is 17.8. The number of aryl methyl sites for hydroxylation is 1. The number of benzene rings is 2. The average molecular weight is 441 g/mol. The fraction of sp³-hybridized carbons (Fsp3) is 0.333. The van der Waals surface area contributed by atoms with E-state index in [-0.39, 0.29) is 30.1 Å². The Kier molecular flexibility index (Phi) is 6.80. The summed E-state index contributed by atoms with van der Waals surface area (Å²) in [6.07, 6.45) is 2.72. The van der Waals surface area contributed by atoms with Gasteiger partial charge in [0.2, 0.25) is 11.8 Å².